The quantitative estimate of drug-likeness (QED) is 0.323. The van der Waals surface area contributed by atoms with E-state index in [-0.39, 0.29) is 0 Å². The fourth-order valence-corrected chi connectivity index (χ4v) is 1.76. The Hall–Kier alpha value is -3.21. The van der Waals surface area contributed by atoms with Crippen LogP contribution in [0.1, 0.15) is 5.76 Å². The topological polar surface area (TPSA) is 62.2 Å². The molecule has 0 aliphatic heterocycles. The van der Waals surface area contributed by atoms with E-state index in [0.29, 0.717) is 11.6 Å². The number of hydrogen-bond acceptors (Lipinski definition) is 4. The normalized spacial score (nSPS) is 11.7. The highest BCUT2D eigenvalue weighted by Gasteiger charge is 2.05. The van der Waals surface area contributed by atoms with Gasteiger partial charge in [0.1, 0.15) is 0 Å². The van der Waals surface area contributed by atoms with Gasteiger partial charge in [-0.05, 0) is 36.4 Å². The lowest BCUT2D eigenvalue weighted by molar-refractivity contribution is 0.556. The molecule has 0 spiro atoms. The average Bonchev–Trinajstić information content (AvgIpc) is 3.11. The van der Waals surface area contributed by atoms with Gasteiger partial charge >= 0.3 is 0 Å². The van der Waals surface area contributed by atoms with Gasteiger partial charge in [-0.3, -0.25) is 5.43 Å². The van der Waals surface area contributed by atoms with Crippen LogP contribution in [0.2, 0.25) is 0 Å². The maximum Gasteiger partial charge on any atom is 0.236 e. The van der Waals surface area contributed by atoms with Gasteiger partial charge in [-0.1, -0.05) is 36.4 Å². The summed E-state index contributed by atoms with van der Waals surface area (Å²) in [7, 11) is 0. The van der Waals surface area contributed by atoms with Gasteiger partial charge < -0.3 is 4.42 Å². The number of nitrogens with zero attached hydrogens (tertiary/aromatic N) is 3. The number of furan rings is 1. The minimum absolute atomic E-state index is 0.373. The summed E-state index contributed by atoms with van der Waals surface area (Å²) in [6, 6.07) is 22.7. The monoisotopic (exact) mass is 290 g/mol. The van der Waals surface area contributed by atoms with Crippen LogP contribution >= 0.6 is 0 Å². The number of amidine groups is 1. The van der Waals surface area contributed by atoms with Crippen molar-refractivity contribution in [3.8, 4) is 0 Å². The maximum atomic E-state index is 5.35. The fourth-order valence-electron chi connectivity index (χ4n) is 1.76. The van der Waals surface area contributed by atoms with E-state index in [2.05, 4.69) is 20.8 Å². The fraction of sp³-hybridized carbons (Fsp3) is 0. The van der Waals surface area contributed by atoms with Gasteiger partial charge in [-0.2, -0.15) is 0 Å². The van der Waals surface area contributed by atoms with Gasteiger partial charge in [0.2, 0.25) is 5.84 Å². The molecule has 0 saturated heterocycles. The molecule has 108 valence electrons. The standard InChI is InChI=1S/C17H14N4O/c1-3-8-14(9-4-1)18-20-17(16-12-7-13-22-16)21-19-15-10-5-2-6-11-15/h1-13,18H/b20-17-,21-19?. The van der Waals surface area contributed by atoms with E-state index in [1.807, 2.05) is 60.7 Å². The first kappa shape index (κ1) is 13.8. The van der Waals surface area contributed by atoms with Crippen molar-refractivity contribution < 1.29 is 4.42 Å². The Morgan fingerprint density at radius 3 is 2.23 bits per heavy atom. The zero-order valence-electron chi connectivity index (χ0n) is 11.8. The molecule has 5 heteroatoms. The van der Waals surface area contributed by atoms with Crippen LogP contribution in [0.15, 0.2) is 98.8 Å². The van der Waals surface area contributed by atoms with E-state index in [1.54, 1.807) is 18.4 Å². The second-order valence-electron chi connectivity index (χ2n) is 4.43. The van der Waals surface area contributed by atoms with Crippen LogP contribution in [0.5, 0.6) is 0 Å². The third-order valence-corrected chi connectivity index (χ3v) is 2.82. The van der Waals surface area contributed by atoms with Gasteiger partial charge in [0.15, 0.2) is 5.76 Å². The zero-order valence-corrected chi connectivity index (χ0v) is 11.8. The summed E-state index contributed by atoms with van der Waals surface area (Å²) < 4.78 is 5.35. The van der Waals surface area contributed by atoms with Crippen LogP contribution in [0.4, 0.5) is 11.4 Å². The second-order valence-corrected chi connectivity index (χ2v) is 4.43. The van der Waals surface area contributed by atoms with Crippen molar-refractivity contribution in [2.45, 2.75) is 0 Å². The maximum absolute atomic E-state index is 5.35. The summed E-state index contributed by atoms with van der Waals surface area (Å²) >= 11 is 0. The summed E-state index contributed by atoms with van der Waals surface area (Å²) in [5, 5.41) is 12.6. The largest absolute Gasteiger partial charge is 0.461 e. The minimum Gasteiger partial charge on any atom is -0.461 e. The average molecular weight is 290 g/mol. The first-order valence-electron chi connectivity index (χ1n) is 6.81. The molecule has 1 aromatic heterocycles. The van der Waals surface area contributed by atoms with E-state index in [1.165, 1.54) is 0 Å². The molecule has 0 atom stereocenters. The molecular formula is C17H14N4O. The number of para-hydroxylation sites is 1. The number of benzene rings is 2. The molecule has 0 aliphatic rings. The molecule has 0 aliphatic carbocycles. The third kappa shape index (κ3) is 3.67. The number of hydrogen-bond donors (Lipinski definition) is 1. The number of hydrazone groups is 1. The lowest BCUT2D eigenvalue weighted by atomic mass is 10.3. The van der Waals surface area contributed by atoms with Crippen LogP contribution in [0, 0.1) is 0 Å². The Morgan fingerprint density at radius 1 is 0.818 bits per heavy atom. The Morgan fingerprint density at radius 2 is 1.55 bits per heavy atom. The first-order chi connectivity index (χ1) is 10.9. The molecule has 0 unspecified atom stereocenters. The highest BCUT2D eigenvalue weighted by molar-refractivity contribution is 5.97. The molecule has 0 fully saturated rings. The lowest BCUT2D eigenvalue weighted by Crippen LogP contribution is -1.99. The smallest absolute Gasteiger partial charge is 0.236 e. The number of anilines is 1. The molecule has 1 heterocycles. The van der Waals surface area contributed by atoms with Crippen LogP contribution < -0.4 is 5.43 Å². The van der Waals surface area contributed by atoms with Gasteiger partial charge in [-0.15, -0.1) is 15.3 Å². The predicted octanol–water partition coefficient (Wildman–Crippen LogP) is 4.84. The molecule has 2 aromatic carbocycles. The number of azo groups is 1. The van der Waals surface area contributed by atoms with Crippen molar-refractivity contribution in [1.29, 1.82) is 0 Å². The summed E-state index contributed by atoms with van der Waals surface area (Å²) in [4.78, 5) is 0. The van der Waals surface area contributed by atoms with E-state index < -0.39 is 0 Å². The van der Waals surface area contributed by atoms with Gasteiger partial charge in [0.25, 0.3) is 0 Å². The van der Waals surface area contributed by atoms with Gasteiger partial charge in [0.05, 0.1) is 17.6 Å². The number of rotatable bonds is 4. The molecule has 1 N–H and O–H groups in total. The molecule has 0 saturated carbocycles. The summed E-state index contributed by atoms with van der Waals surface area (Å²) in [5.74, 6) is 0.917. The van der Waals surface area contributed by atoms with E-state index >= 15 is 0 Å². The van der Waals surface area contributed by atoms with E-state index in [0.717, 1.165) is 11.4 Å². The molecule has 3 aromatic rings. The number of nitrogens with one attached hydrogen (secondary N) is 1. The molecule has 5 nitrogen and oxygen atoms in total. The Balaban J connectivity index is 1.83. The summed E-state index contributed by atoms with van der Waals surface area (Å²) in [6.07, 6.45) is 1.57. The second kappa shape index (κ2) is 6.99. The molecular weight excluding hydrogens is 276 g/mol. The van der Waals surface area contributed by atoms with Crippen molar-refractivity contribution in [2.75, 3.05) is 5.43 Å². The Labute approximate surface area is 128 Å². The SMILES string of the molecule is c1ccc(N=N/C(=N\Nc2ccccc2)c2ccco2)cc1. The van der Waals surface area contributed by atoms with Crippen molar-refractivity contribution >= 4 is 17.2 Å². The van der Waals surface area contributed by atoms with E-state index in [4.69, 9.17) is 4.42 Å². The predicted molar refractivity (Wildman–Crippen MR) is 86.3 cm³/mol. The first-order valence-corrected chi connectivity index (χ1v) is 6.81. The van der Waals surface area contributed by atoms with Crippen LogP contribution in [-0.4, -0.2) is 5.84 Å². The van der Waals surface area contributed by atoms with Crippen LogP contribution in [0.25, 0.3) is 0 Å². The highest BCUT2D eigenvalue weighted by Crippen LogP contribution is 2.13. The Bertz CT molecular complexity index is 750. The molecule has 22 heavy (non-hydrogen) atoms. The van der Waals surface area contributed by atoms with Crippen LogP contribution in [-0.2, 0) is 0 Å². The highest BCUT2D eigenvalue weighted by atomic mass is 16.3. The zero-order chi connectivity index (χ0) is 15.0. The van der Waals surface area contributed by atoms with Crippen molar-refractivity contribution in [1.82, 2.24) is 0 Å². The van der Waals surface area contributed by atoms with Crippen molar-refractivity contribution in [2.24, 2.45) is 15.3 Å². The molecule has 0 amide bonds. The Kier molecular flexibility index (Phi) is 4.37. The molecule has 0 bridgehead atoms. The summed E-state index contributed by atoms with van der Waals surface area (Å²) in [6.45, 7) is 0. The van der Waals surface area contributed by atoms with Gasteiger partial charge in [0, 0.05) is 0 Å². The van der Waals surface area contributed by atoms with Gasteiger partial charge in [-0.25, -0.2) is 0 Å². The van der Waals surface area contributed by atoms with Crippen molar-refractivity contribution in [3.63, 3.8) is 0 Å². The third-order valence-electron chi connectivity index (χ3n) is 2.82. The van der Waals surface area contributed by atoms with Crippen molar-refractivity contribution in [3.05, 3.63) is 84.8 Å². The molecule has 3 rings (SSSR count). The van der Waals surface area contributed by atoms with E-state index in [9.17, 15) is 0 Å². The van der Waals surface area contributed by atoms with Crippen LogP contribution in [0.3, 0.4) is 0 Å². The summed E-state index contributed by atoms with van der Waals surface area (Å²) in [5.41, 5.74) is 4.56. The minimum atomic E-state index is 0.373. The lowest BCUT2D eigenvalue weighted by Gasteiger charge is -2.00. The molecule has 0 radical (unpaired) electrons.